The fourth-order valence-corrected chi connectivity index (χ4v) is 4.14. The Morgan fingerprint density at radius 3 is 2.16 bits per heavy atom. The molecule has 0 aliphatic rings. The van der Waals surface area contributed by atoms with Gasteiger partial charge in [-0.05, 0) is 83.0 Å². The molecule has 3 heteroatoms. The lowest BCUT2D eigenvalue weighted by molar-refractivity contribution is 0.500. The highest BCUT2D eigenvalue weighted by Crippen LogP contribution is 2.31. The van der Waals surface area contributed by atoms with Crippen molar-refractivity contribution in [3.8, 4) is 11.1 Å². The first kappa shape index (κ1) is 21.2. The lowest BCUT2D eigenvalue weighted by atomic mass is 9.86. The van der Waals surface area contributed by atoms with Crippen LogP contribution in [-0.4, -0.2) is 6.04 Å². The summed E-state index contributed by atoms with van der Waals surface area (Å²) in [5.74, 6) is -1.77. The van der Waals surface area contributed by atoms with Crippen molar-refractivity contribution in [3.63, 3.8) is 0 Å². The summed E-state index contributed by atoms with van der Waals surface area (Å²) in [6.07, 6.45) is 0.653. The molecule has 1 unspecified atom stereocenters. The van der Waals surface area contributed by atoms with Gasteiger partial charge in [0, 0.05) is 6.04 Å². The normalized spacial score (nSPS) is 13.4. The maximum Gasteiger partial charge on any atom is 0.159 e. The lowest BCUT2D eigenvalue weighted by Gasteiger charge is -2.23. The van der Waals surface area contributed by atoms with E-state index in [-0.39, 0.29) is 12.0 Å². The van der Waals surface area contributed by atoms with E-state index in [9.17, 15) is 8.78 Å². The molecule has 0 aromatic heterocycles. The van der Waals surface area contributed by atoms with E-state index in [1.165, 1.54) is 50.7 Å². The highest BCUT2D eigenvalue weighted by atomic mass is 19.2. The van der Waals surface area contributed by atoms with Crippen molar-refractivity contribution in [1.82, 2.24) is 0 Å². The van der Waals surface area contributed by atoms with Gasteiger partial charge in [-0.3, -0.25) is 0 Å². The van der Waals surface area contributed by atoms with Crippen LogP contribution in [0.15, 0.2) is 72.8 Å². The predicted molar refractivity (Wildman–Crippen MR) is 125 cm³/mol. The van der Waals surface area contributed by atoms with Crippen molar-refractivity contribution in [2.45, 2.75) is 39.2 Å². The third-order valence-corrected chi connectivity index (χ3v) is 6.30. The predicted octanol–water partition coefficient (Wildman–Crippen LogP) is 7.08. The van der Waals surface area contributed by atoms with Gasteiger partial charge in [0.05, 0.1) is 0 Å². The first-order chi connectivity index (χ1) is 14.8. The van der Waals surface area contributed by atoms with Crippen molar-refractivity contribution in [1.29, 1.82) is 0 Å². The van der Waals surface area contributed by atoms with Crippen molar-refractivity contribution in [2.75, 3.05) is 0 Å². The van der Waals surface area contributed by atoms with Gasteiger partial charge in [0.2, 0.25) is 0 Å². The lowest BCUT2D eigenvalue weighted by Crippen LogP contribution is -2.29. The molecule has 0 aliphatic heterocycles. The van der Waals surface area contributed by atoms with E-state index in [0.717, 1.165) is 0 Å². The SMILES string of the molecule is Cc1ccc(-c2ccc3ccc(C)c(CC(N)[C@H](C)c4ccc(F)c(F)c4)c3c2)cc1. The molecule has 0 bridgehead atoms. The molecule has 4 aromatic carbocycles. The topological polar surface area (TPSA) is 26.0 Å². The molecule has 0 spiro atoms. The molecule has 158 valence electrons. The fourth-order valence-electron chi connectivity index (χ4n) is 4.14. The summed E-state index contributed by atoms with van der Waals surface area (Å²) < 4.78 is 27.0. The molecule has 0 fully saturated rings. The number of hydrogen-bond donors (Lipinski definition) is 1. The number of benzene rings is 4. The molecule has 31 heavy (non-hydrogen) atoms. The first-order valence-electron chi connectivity index (χ1n) is 10.6. The third-order valence-electron chi connectivity index (χ3n) is 6.30. The second-order valence-electron chi connectivity index (χ2n) is 8.49. The molecule has 1 nitrogen and oxygen atoms in total. The van der Waals surface area contributed by atoms with Crippen LogP contribution >= 0.6 is 0 Å². The highest BCUT2D eigenvalue weighted by Gasteiger charge is 2.19. The van der Waals surface area contributed by atoms with Crippen LogP contribution in [-0.2, 0) is 6.42 Å². The number of nitrogens with two attached hydrogens (primary N) is 1. The molecule has 4 aromatic rings. The Kier molecular flexibility index (Phi) is 5.88. The van der Waals surface area contributed by atoms with Crippen LogP contribution in [0.25, 0.3) is 21.9 Å². The Labute approximate surface area is 182 Å². The molecule has 0 aliphatic carbocycles. The van der Waals surface area contributed by atoms with Crippen molar-refractivity contribution >= 4 is 10.8 Å². The Bertz CT molecular complexity index is 1230. The second kappa shape index (κ2) is 8.60. The van der Waals surface area contributed by atoms with Crippen LogP contribution in [0.1, 0.15) is 35.1 Å². The van der Waals surface area contributed by atoms with Gasteiger partial charge in [0.25, 0.3) is 0 Å². The molecule has 0 heterocycles. The minimum atomic E-state index is -0.835. The molecule has 4 rings (SSSR count). The van der Waals surface area contributed by atoms with Gasteiger partial charge < -0.3 is 5.73 Å². The third kappa shape index (κ3) is 4.38. The summed E-state index contributed by atoms with van der Waals surface area (Å²) in [4.78, 5) is 0. The Balaban J connectivity index is 1.70. The van der Waals surface area contributed by atoms with Crippen LogP contribution in [0.2, 0.25) is 0 Å². The summed E-state index contributed by atoms with van der Waals surface area (Å²) in [5.41, 5.74) is 13.3. The maximum atomic E-state index is 13.7. The molecule has 0 saturated heterocycles. The van der Waals surface area contributed by atoms with E-state index < -0.39 is 11.6 Å². The minimum Gasteiger partial charge on any atom is -0.327 e. The van der Waals surface area contributed by atoms with Crippen molar-refractivity contribution in [3.05, 3.63) is 107 Å². The van der Waals surface area contributed by atoms with Crippen LogP contribution in [0, 0.1) is 25.5 Å². The van der Waals surface area contributed by atoms with Crippen LogP contribution in [0.3, 0.4) is 0 Å². The van der Waals surface area contributed by atoms with Gasteiger partial charge in [-0.2, -0.15) is 0 Å². The van der Waals surface area contributed by atoms with Gasteiger partial charge in [-0.15, -0.1) is 0 Å². The quantitative estimate of drug-likeness (QED) is 0.370. The van der Waals surface area contributed by atoms with E-state index >= 15 is 0 Å². The fraction of sp³-hybridized carbons (Fsp3) is 0.214. The van der Waals surface area contributed by atoms with Gasteiger partial charge >= 0.3 is 0 Å². The van der Waals surface area contributed by atoms with Crippen molar-refractivity contribution in [2.24, 2.45) is 5.73 Å². The minimum absolute atomic E-state index is 0.106. The summed E-state index contributed by atoms with van der Waals surface area (Å²) in [6.45, 7) is 6.15. The molecule has 0 radical (unpaired) electrons. The van der Waals surface area contributed by atoms with Gasteiger partial charge in [-0.1, -0.05) is 67.1 Å². The first-order valence-corrected chi connectivity index (χ1v) is 10.6. The average Bonchev–Trinajstić information content (AvgIpc) is 2.77. The summed E-state index contributed by atoms with van der Waals surface area (Å²) >= 11 is 0. The monoisotopic (exact) mass is 415 g/mol. The van der Waals surface area contributed by atoms with Crippen LogP contribution < -0.4 is 5.73 Å². The Morgan fingerprint density at radius 2 is 1.45 bits per heavy atom. The summed E-state index contributed by atoms with van der Waals surface area (Å²) in [7, 11) is 0. The van der Waals surface area contributed by atoms with Gasteiger partial charge in [-0.25, -0.2) is 8.78 Å². The van der Waals surface area contributed by atoms with Gasteiger partial charge in [0.15, 0.2) is 11.6 Å². The second-order valence-corrected chi connectivity index (χ2v) is 8.49. The Morgan fingerprint density at radius 1 is 0.774 bits per heavy atom. The average molecular weight is 416 g/mol. The van der Waals surface area contributed by atoms with E-state index in [4.69, 9.17) is 5.73 Å². The molecule has 0 saturated carbocycles. The largest absolute Gasteiger partial charge is 0.327 e. The maximum absolute atomic E-state index is 13.7. The number of aryl methyl sites for hydroxylation is 2. The number of halogens is 2. The summed E-state index contributed by atoms with van der Waals surface area (Å²) in [6, 6.07) is 23.1. The molecule has 2 atom stereocenters. The smallest absolute Gasteiger partial charge is 0.159 e. The summed E-state index contributed by atoms with van der Waals surface area (Å²) in [5, 5.41) is 2.36. The molecule has 2 N–H and O–H groups in total. The van der Waals surface area contributed by atoms with Crippen LogP contribution in [0.5, 0.6) is 0 Å². The highest BCUT2D eigenvalue weighted by molar-refractivity contribution is 5.91. The van der Waals surface area contributed by atoms with Gasteiger partial charge in [0.1, 0.15) is 0 Å². The van der Waals surface area contributed by atoms with E-state index in [1.54, 1.807) is 6.07 Å². The standard InChI is InChI=1S/C28H27F2N/c1-17-4-7-20(8-5-17)23-11-10-21-9-6-18(2)24(25(21)14-23)16-28(31)19(3)22-12-13-26(29)27(30)15-22/h4-15,19,28H,16,31H2,1-3H3/t19-,28?/m1/s1. The number of fused-ring (bicyclic) bond motifs is 1. The molecular formula is C28H27F2N. The Hall–Kier alpha value is -3.04. The van der Waals surface area contributed by atoms with E-state index in [1.807, 2.05) is 6.92 Å². The molecule has 0 amide bonds. The van der Waals surface area contributed by atoms with E-state index in [0.29, 0.717) is 12.0 Å². The zero-order chi connectivity index (χ0) is 22.1. The zero-order valence-corrected chi connectivity index (χ0v) is 18.1. The zero-order valence-electron chi connectivity index (χ0n) is 18.1. The number of hydrogen-bond acceptors (Lipinski definition) is 1. The van der Waals surface area contributed by atoms with Crippen LogP contribution in [0.4, 0.5) is 8.78 Å². The van der Waals surface area contributed by atoms with E-state index in [2.05, 4.69) is 68.4 Å². The molecular weight excluding hydrogens is 388 g/mol. The number of rotatable bonds is 5. The van der Waals surface area contributed by atoms with Crippen molar-refractivity contribution < 1.29 is 8.78 Å².